The van der Waals surface area contributed by atoms with Crippen molar-refractivity contribution in [2.75, 3.05) is 19.8 Å². The van der Waals surface area contributed by atoms with Crippen LogP contribution in [0.5, 0.6) is 11.5 Å². The highest BCUT2D eigenvalue weighted by atomic mass is 16.5. The highest BCUT2D eigenvalue weighted by molar-refractivity contribution is 5.79. The minimum absolute atomic E-state index is 0.243. The molecule has 0 radical (unpaired) electrons. The Bertz CT molecular complexity index is 390. The summed E-state index contributed by atoms with van der Waals surface area (Å²) in [6.45, 7) is 3.51. The number of hydrogen-bond donors (Lipinski definition) is 1. The normalized spacial score (nSPS) is 10.3. The maximum Gasteiger partial charge on any atom is 0.153 e. The minimum atomic E-state index is 0.243. The fraction of sp³-hybridized carbons (Fsp3) is 0.562. The van der Waals surface area contributed by atoms with E-state index in [9.17, 15) is 4.79 Å². The zero-order valence-electron chi connectivity index (χ0n) is 12.1. The van der Waals surface area contributed by atoms with Crippen molar-refractivity contribution in [3.8, 4) is 11.5 Å². The lowest BCUT2D eigenvalue weighted by Gasteiger charge is -2.11. The van der Waals surface area contributed by atoms with E-state index in [1.165, 1.54) is 0 Å². The number of carbonyl (C=O) groups excluding carboxylic acids is 1. The van der Waals surface area contributed by atoms with Gasteiger partial charge in [0.2, 0.25) is 0 Å². The lowest BCUT2D eigenvalue weighted by atomic mass is 10.2. The van der Waals surface area contributed by atoms with Crippen molar-refractivity contribution in [1.82, 2.24) is 0 Å². The number of rotatable bonds is 11. The topological polar surface area (TPSA) is 55.8 Å². The molecular formula is C16H24O4. The molecule has 4 nitrogen and oxygen atoms in total. The van der Waals surface area contributed by atoms with E-state index in [1.54, 1.807) is 18.2 Å². The lowest BCUT2D eigenvalue weighted by Crippen LogP contribution is -2.02. The predicted octanol–water partition coefficient (Wildman–Crippen LogP) is 3.22. The number of hydrogen-bond acceptors (Lipinski definition) is 4. The Morgan fingerprint density at radius 1 is 1.10 bits per heavy atom. The molecule has 0 aliphatic carbocycles. The summed E-state index contributed by atoms with van der Waals surface area (Å²) in [5, 5.41) is 8.69. The lowest BCUT2D eigenvalue weighted by molar-refractivity contribution is 0.111. The van der Waals surface area contributed by atoms with Crippen LogP contribution in [0.25, 0.3) is 0 Å². The van der Waals surface area contributed by atoms with E-state index in [-0.39, 0.29) is 6.61 Å². The summed E-state index contributed by atoms with van der Waals surface area (Å²) >= 11 is 0. The van der Waals surface area contributed by atoms with Crippen LogP contribution in [0.15, 0.2) is 18.2 Å². The number of aliphatic hydroxyl groups excluding tert-OH is 1. The first-order chi connectivity index (χ1) is 9.81. The Balaban J connectivity index is 2.46. The van der Waals surface area contributed by atoms with Crippen LogP contribution in [0.2, 0.25) is 0 Å². The molecule has 1 aromatic rings. The monoisotopic (exact) mass is 280 g/mol. The molecule has 0 saturated heterocycles. The highest BCUT2D eigenvalue weighted by Gasteiger charge is 2.05. The summed E-state index contributed by atoms with van der Waals surface area (Å²) in [5.74, 6) is 1.31. The van der Waals surface area contributed by atoms with E-state index >= 15 is 0 Å². The van der Waals surface area contributed by atoms with Gasteiger partial charge in [-0.15, -0.1) is 0 Å². The first-order valence-electron chi connectivity index (χ1n) is 7.27. The molecule has 1 rings (SSSR count). The Labute approximate surface area is 120 Å². The fourth-order valence-corrected chi connectivity index (χ4v) is 1.80. The van der Waals surface area contributed by atoms with Gasteiger partial charge in [0.15, 0.2) is 6.29 Å². The first kappa shape index (κ1) is 16.5. The summed E-state index contributed by atoms with van der Waals surface area (Å²) in [7, 11) is 0. The molecule has 0 amide bonds. The average Bonchev–Trinajstić information content (AvgIpc) is 2.48. The first-order valence-corrected chi connectivity index (χ1v) is 7.27. The van der Waals surface area contributed by atoms with Gasteiger partial charge in [-0.25, -0.2) is 0 Å². The maximum atomic E-state index is 11.0. The molecule has 1 aromatic carbocycles. The van der Waals surface area contributed by atoms with Gasteiger partial charge < -0.3 is 14.6 Å². The van der Waals surface area contributed by atoms with Crippen LogP contribution < -0.4 is 9.47 Å². The van der Waals surface area contributed by atoms with Crippen LogP contribution in [0.4, 0.5) is 0 Å². The van der Waals surface area contributed by atoms with Crippen LogP contribution in [-0.2, 0) is 0 Å². The zero-order chi connectivity index (χ0) is 14.6. The standard InChI is InChI=1S/C16H24O4/c1-2-10-19-15-8-7-14(13-18)16(12-15)20-11-6-4-3-5-9-17/h7-8,12-13,17H,2-6,9-11H2,1H3. The number of benzene rings is 1. The summed E-state index contributed by atoms with van der Waals surface area (Å²) < 4.78 is 11.2. The predicted molar refractivity (Wildman–Crippen MR) is 78.7 cm³/mol. The van der Waals surface area contributed by atoms with Gasteiger partial charge in [-0.2, -0.15) is 0 Å². The second-order valence-electron chi connectivity index (χ2n) is 4.65. The van der Waals surface area contributed by atoms with E-state index in [4.69, 9.17) is 14.6 Å². The van der Waals surface area contributed by atoms with Crippen molar-refractivity contribution in [2.24, 2.45) is 0 Å². The van der Waals surface area contributed by atoms with E-state index in [0.29, 0.717) is 24.5 Å². The van der Waals surface area contributed by atoms with E-state index in [0.717, 1.165) is 44.1 Å². The average molecular weight is 280 g/mol. The number of aldehydes is 1. The van der Waals surface area contributed by atoms with E-state index in [2.05, 4.69) is 0 Å². The third-order valence-electron chi connectivity index (χ3n) is 2.89. The molecule has 0 unspecified atom stereocenters. The van der Waals surface area contributed by atoms with Gasteiger partial charge in [0.05, 0.1) is 18.8 Å². The van der Waals surface area contributed by atoms with Crippen molar-refractivity contribution < 1.29 is 19.4 Å². The third kappa shape index (κ3) is 6.06. The van der Waals surface area contributed by atoms with Gasteiger partial charge in [-0.1, -0.05) is 13.3 Å². The summed E-state index contributed by atoms with van der Waals surface area (Å²) in [6.07, 6.45) is 5.50. The van der Waals surface area contributed by atoms with Gasteiger partial charge in [0, 0.05) is 12.7 Å². The third-order valence-corrected chi connectivity index (χ3v) is 2.89. The smallest absolute Gasteiger partial charge is 0.153 e. The fourth-order valence-electron chi connectivity index (χ4n) is 1.80. The molecule has 0 aliphatic heterocycles. The molecular weight excluding hydrogens is 256 g/mol. The Hall–Kier alpha value is -1.55. The van der Waals surface area contributed by atoms with E-state index in [1.807, 2.05) is 6.92 Å². The number of aliphatic hydroxyl groups is 1. The van der Waals surface area contributed by atoms with Crippen LogP contribution in [0.3, 0.4) is 0 Å². The zero-order valence-corrected chi connectivity index (χ0v) is 12.1. The Morgan fingerprint density at radius 3 is 2.60 bits per heavy atom. The maximum absolute atomic E-state index is 11.0. The SMILES string of the molecule is CCCOc1ccc(C=O)c(OCCCCCCO)c1. The second kappa shape index (κ2) is 10.3. The molecule has 20 heavy (non-hydrogen) atoms. The van der Waals surface area contributed by atoms with Gasteiger partial charge in [-0.3, -0.25) is 4.79 Å². The van der Waals surface area contributed by atoms with Crippen molar-refractivity contribution in [3.05, 3.63) is 23.8 Å². The molecule has 112 valence electrons. The van der Waals surface area contributed by atoms with Gasteiger partial charge in [0.1, 0.15) is 11.5 Å². The van der Waals surface area contributed by atoms with Gasteiger partial charge in [-0.05, 0) is 37.8 Å². The van der Waals surface area contributed by atoms with Gasteiger partial charge in [0.25, 0.3) is 0 Å². The Kier molecular flexibility index (Phi) is 8.47. The molecule has 0 saturated carbocycles. The van der Waals surface area contributed by atoms with Crippen molar-refractivity contribution in [1.29, 1.82) is 0 Å². The van der Waals surface area contributed by atoms with Crippen LogP contribution in [-0.4, -0.2) is 31.2 Å². The Morgan fingerprint density at radius 2 is 1.90 bits per heavy atom. The quantitative estimate of drug-likeness (QED) is 0.499. The highest BCUT2D eigenvalue weighted by Crippen LogP contribution is 2.24. The van der Waals surface area contributed by atoms with Crippen LogP contribution in [0.1, 0.15) is 49.4 Å². The second-order valence-corrected chi connectivity index (χ2v) is 4.65. The van der Waals surface area contributed by atoms with Gasteiger partial charge >= 0.3 is 0 Å². The molecule has 0 bridgehead atoms. The van der Waals surface area contributed by atoms with Crippen molar-refractivity contribution >= 4 is 6.29 Å². The molecule has 0 atom stereocenters. The molecule has 0 spiro atoms. The summed E-state index contributed by atoms with van der Waals surface area (Å²) in [5.41, 5.74) is 0.546. The molecule has 4 heteroatoms. The summed E-state index contributed by atoms with van der Waals surface area (Å²) in [6, 6.07) is 5.28. The molecule has 0 aromatic heterocycles. The van der Waals surface area contributed by atoms with E-state index < -0.39 is 0 Å². The number of carbonyl (C=O) groups is 1. The van der Waals surface area contributed by atoms with Crippen molar-refractivity contribution in [2.45, 2.75) is 39.0 Å². The van der Waals surface area contributed by atoms with Crippen LogP contribution >= 0.6 is 0 Å². The molecule has 0 aliphatic rings. The number of ether oxygens (including phenoxy) is 2. The molecule has 1 N–H and O–H groups in total. The van der Waals surface area contributed by atoms with Crippen molar-refractivity contribution in [3.63, 3.8) is 0 Å². The summed E-state index contributed by atoms with van der Waals surface area (Å²) in [4.78, 5) is 11.0. The molecule has 0 heterocycles. The minimum Gasteiger partial charge on any atom is -0.493 e. The largest absolute Gasteiger partial charge is 0.493 e. The van der Waals surface area contributed by atoms with Crippen LogP contribution in [0, 0.1) is 0 Å². The molecule has 0 fully saturated rings. The number of unbranched alkanes of at least 4 members (excludes halogenated alkanes) is 3.